The molecule has 0 aliphatic carbocycles. The molecule has 2 N–H and O–H groups in total. The summed E-state index contributed by atoms with van der Waals surface area (Å²) in [4.78, 5) is 0. The Morgan fingerprint density at radius 1 is 1.28 bits per heavy atom. The summed E-state index contributed by atoms with van der Waals surface area (Å²) < 4.78 is 1.70. The van der Waals surface area contributed by atoms with Gasteiger partial charge in [0.05, 0.1) is 11.4 Å². The van der Waals surface area contributed by atoms with Crippen molar-refractivity contribution in [1.29, 1.82) is 0 Å². The van der Waals surface area contributed by atoms with E-state index in [4.69, 9.17) is 17.3 Å². The Morgan fingerprint density at radius 3 is 2.44 bits per heavy atom. The molecular formula is C14H18ClN3. The molecule has 0 fully saturated rings. The van der Waals surface area contributed by atoms with Crippen LogP contribution in [0.25, 0.3) is 5.69 Å². The number of nitrogens with zero attached hydrogens (tertiary/aromatic N) is 2. The quantitative estimate of drug-likeness (QED) is 0.852. The molecule has 0 atom stereocenters. The average Bonchev–Trinajstić information content (AvgIpc) is 2.55. The fraction of sp³-hybridized carbons (Fsp3) is 0.357. The molecule has 2 rings (SSSR count). The highest BCUT2D eigenvalue weighted by Gasteiger charge is 2.25. The van der Waals surface area contributed by atoms with E-state index in [1.807, 2.05) is 31.2 Å². The lowest BCUT2D eigenvalue weighted by atomic mass is 9.92. The third-order valence-corrected chi connectivity index (χ3v) is 3.19. The molecule has 0 radical (unpaired) electrons. The summed E-state index contributed by atoms with van der Waals surface area (Å²) in [6, 6.07) is 8.02. The van der Waals surface area contributed by atoms with Gasteiger partial charge in [-0.05, 0) is 24.6 Å². The van der Waals surface area contributed by atoms with Crippen LogP contribution in [-0.2, 0) is 5.41 Å². The summed E-state index contributed by atoms with van der Waals surface area (Å²) in [5.41, 5.74) is 8.85. The molecular weight excluding hydrogens is 246 g/mol. The van der Waals surface area contributed by atoms with Crippen LogP contribution < -0.4 is 5.73 Å². The molecule has 4 heteroatoms. The zero-order valence-corrected chi connectivity index (χ0v) is 11.9. The number of hydrogen-bond donors (Lipinski definition) is 1. The first-order valence-corrected chi connectivity index (χ1v) is 6.30. The number of rotatable bonds is 1. The van der Waals surface area contributed by atoms with Gasteiger partial charge in [-0.2, -0.15) is 5.10 Å². The summed E-state index contributed by atoms with van der Waals surface area (Å²) in [7, 11) is 0. The van der Waals surface area contributed by atoms with E-state index in [2.05, 4.69) is 25.9 Å². The Morgan fingerprint density at radius 2 is 1.94 bits per heavy atom. The SMILES string of the molecule is Cc1cccc(-n2nc(C(C)(C)C)c(Cl)c2N)c1. The molecule has 0 unspecified atom stereocenters. The van der Waals surface area contributed by atoms with E-state index in [0.717, 1.165) is 16.9 Å². The molecule has 0 spiro atoms. The number of hydrogen-bond acceptors (Lipinski definition) is 2. The minimum atomic E-state index is -0.125. The molecule has 0 aliphatic rings. The van der Waals surface area contributed by atoms with Gasteiger partial charge in [-0.15, -0.1) is 0 Å². The van der Waals surface area contributed by atoms with Crippen molar-refractivity contribution in [1.82, 2.24) is 9.78 Å². The Labute approximate surface area is 113 Å². The van der Waals surface area contributed by atoms with Crippen molar-refractivity contribution in [3.63, 3.8) is 0 Å². The number of aryl methyl sites for hydroxylation is 1. The number of anilines is 1. The first-order chi connectivity index (χ1) is 8.30. The van der Waals surface area contributed by atoms with Gasteiger partial charge in [-0.1, -0.05) is 44.5 Å². The zero-order chi connectivity index (χ0) is 13.5. The first kappa shape index (κ1) is 13.0. The van der Waals surface area contributed by atoms with Crippen molar-refractivity contribution in [2.24, 2.45) is 0 Å². The molecule has 0 aliphatic heterocycles. The minimum Gasteiger partial charge on any atom is -0.382 e. The number of benzene rings is 1. The van der Waals surface area contributed by atoms with Crippen LogP contribution in [0.4, 0.5) is 5.82 Å². The van der Waals surface area contributed by atoms with Crippen LogP contribution in [0.15, 0.2) is 24.3 Å². The maximum absolute atomic E-state index is 6.28. The van der Waals surface area contributed by atoms with Crippen molar-refractivity contribution in [3.8, 4) is 5.69 Å². The number of nitrogen functional groups attached to an aromatic ring is 1. The van der Waals surface area contributed by atoms with Crippen molar-refractivity contribution in [3.05, 3.63) is 40.5 Å². The van der Waals surface area contributed by atoms with Crippen LogP contribution in [0.1, 0.15) is 32.0 Å². The normalized spacial score (nSPS) is 11.8. The molecule has 1 aromatic heterocycles. The lowest BCUT2D eigenvalue weighted by Crippen LogP contribution is -2.13. The van der Waals surface area contributed by atoms with E-state index < -0.39 is 0 Å². The van der Waals surface area contributed by atoms with Crippen LogP contribution in [0.2, 0.25) is 5.02 Å². The number of aromatic nitrogens is 2. The predicted molar refractivity (Wildman–Crippen MR) is 76.4 cm³/mol. The predicted octanol–water partition coefficient (Wildman–Crippen LogP) is 3.71. The highest BCUT2D eigenvalue weighted by Crippen LogP contribution is 2.33. The van der Waals surface area contributed by atoms with Crippen LogP contribution in [0.3, 0.4) is 0 Å². The van der Waals surface area contributed by atoms with Gasteiger partial charge in [0.2, 0.25) is 0 Å². The highest BCUT2D eigenvalue weighted by atomic mass is 35.5. The van der Waals surface area contributed by atoms with Crippen LogP contribution in [-0.4, -0.2) is 9.78 Å². The number of halogens is 1. The van der Waals surface area contributed by atoms with Gasteiger partial charge in [0.1, 0.15) is 10.8 Å². The van der Waals surface area contributed by atoms with Gasteiger partial charge in [0.15, 0.2) is 0 Å². The monoisotopic (exact) mass is 263 g/mol. The maximum Gasteiger partial charge on any atom is 0.146 e. The largest absolute Gasteiger partial charge is 0.382 e. The number of nitrogens with two attached hydrogens (primary N) is 1. The molecule has 3 nitrogen and oxygen atoms in total. The fourth-order valence-corrected chi connectivity index (χ4v) is 2.25. The van der Waals surface area contributed by atoms with Gasteiger partial charge in [-0.3, -0.25) is 0 Å². The summed E-state index contributed by atoms with van der Waals surface area (Å²) in [6.07, 6.45) is 0. The Bertz CT molecular complexity index is 579. The lowest BCUT2D eigenvalue weighted by Gasteiger charge is -2.15. The van der Waals surface area contributed by atoms with Crippen molar-refractivity contribution in [2.45, 2.75) is 33.1 Å². The maximum atomic E-state index is 6.28. The van der Waals surface area contributed by atoms with E-state index in [9.17, 15) is 0 Å². The van der Waals surface area contributed by atoms with E-state index in [1.165, 1.54) is 0 Å². The molecule has 0 bridgehead atoms. The van der Waals surface area contributed by atoms with Crippen molar-refractivity contribution >= 4 is 17.4 Å². The van der Waals surface area contributed by atoms with E-state index in [-0.39, 0.29) is 5.41 Å². The molecule has 0 amide bonds. The van der Waals surface area contributed by atoms with Gasteiger partial charge in [-0.25, -0.2) is 4.68 Å². The molecule has 1 aromatic carbocycles. The van der Waals surface area contributed by atoms with Gasteiger partial charge < -0.3 is 5.73 Å². The van der Waals surface area contributed by atoms with Gasteiger partial charge in [0, 0.05) is 5.41 Å². The lowest BCUT2D eigenvalue weighted by molar-refractivity contribution is 0.560. The third-order valence-electron chi connectivity index (χ3n) is 2.82. The topological polar surface area (TPSA) is 43.8 Å². The molecule has 0 saturated carbocycles. The average molecular weight is 264 g/mol. The minimum absolute atomic E-state index is 0.125. The standard InChI is InChI=1S/C14H18ClN3/c1-9-6-5-7-10(8-9)18-13(16)11(15)12(17-18)14(2,3)4/h5-8H,16H2,1-4H3. The van der Waals surface area contributed by atoms with Crippen LogP contribution in [0.5, 0.6) is 0 Å². The summed E-state index contributed by atoms with van der Waals surface area (Å²) in [5, 5.41) is 5.10. The smallest absolute Gasteiger partial charge is 0.146 e. The van der Waals surface area contributed by atoms with Crippen LogP contribution >= 0.6 is 11.6 Å². The molecule has 0 saturated heterocycles. The van der Waals surface area contributed by atoms with Gasteiger partial charge >= 0.3 is 0 Å². The molecule has 2 aromatic rings. The Hall–Kier alpha value is -1.48. The van der Waals surface area contributed by atoms with Gasteiger partial charge in [0.25, 0.3) is 0 Å². The second-order valence-electron chi connectivity index (χ2n) is 5.55. The van der Waals surface area contributed by atoms with E-state index >= 15 is 0 Å². The Balaban J connectivity index is 2.60. The first-order valence-electron chi connectivity index (χ1n) is 5.92. The second-order valence-corrected chi connectivity index (χ2v) is 5.93. The summed E-state index contributed by atoms with van der Waals surface area (Å²) in [5.74, 6) is 0.493. The van der Waals surface area contributed by atoms with E-state index in [0.29, 0.717) is 10.8 Å². The highest BCUT2D eigenvalue weighted by molar-refractivity contribution is 6.33. The Kier molecular flexibility index (Phi) is 3.11. The fourth-order valence-electron chi connectivity index (χ4n) is 1.85. The summed E-state index contributed by atoms with van der Waals surface area (Å²) in [6.45, 7) is 8.25. The second kappa shape index (κ2) is 4.32. The molecule has 1 heterocycles. The summed E-state index contributed by atoms with van der Waals surface area (Å²) >= 11 is 6.28. The van der Waals surface area contributed by atoms with Crippen molar-refractivity contribution < 1.29 is 0 Å². The van der Waals surface area contributed by atoms with E-state index in [1.54, 1.807) is 4.68 Å². The third kappa shape index (κ3) is 2.23. The van der Waals surface area contributed by atoms with Crippen LogP contribution in [0, 0.1) is 6.92 Å². The zero-order valence-electron chi connectivity index (χ0n) is 11.2. The van der Waals surface area contributed by atoms with Crippen molar-refractivity contribution in [2.75, 3.05) is 5.73 Å². The molecule has 18 heavy (non-hydrogen) atoms. The molecule has 96 valence electrons.